The molecule has 3 aromatic carbocycles. The zero-order valence-electron chi connectivity index (χ0n) is 24.6. The second-order valence-corrected chi connectivity index (χ2v) is 11.4. The number of benzene rings is 3. The van der Waals surface area contributed by atoms with E-state index in [0.29, 0.717) is 36.6 Å². The molecule has 1 atom stereocenters. The highest BCUT2D eigenvalue weighted by atomic mass is 19.1. The Morgan fingerprint density at radius 3 is 2.32 bits per heavy atom. The van der Waals surface area contributed by atoms with Gasteiger partial charge in [-0.05, 0) is 115 Å². The van der Waals surface area contributed by atoms with Gasteiger partial charge in [-0.15, -0.1) is 0 Å². The third-order valence-corrected chi connectivity index (χ3v) is 7.82. The molecule has 1 N–H and O–H groups in total. The third kappa shape index (κ3) is 7.47. The van der Waals surface area contributed by atoms with E-state index in [9.17, 15) is 13.6 Å². The number of hydrogen-bond acceptors (Lipinski definition) is 4. The number of nitrogens with one attached hydrogen (secondary N) is 1. The SMILES string of the molecule is Cc1cc(C(C2CC2)N(C)CCc2c(C=O)cc(CN(C=N)/C=C\N(C)C)cc2-c2ccc(F)cc2C)ccc1F. The van der Waals surface area contributed by atoms with Gasteiger partial charge in [0, 0.05) is 51.2 Å². The molecule has 216 valence electrons. The molecule has 1 aliphatic carbocycles. The topological polar surface area (TPSA) is 50.6 Å². The largest absolute Gasteiger partial charge is 0.382 e. The first-order valence-electron chi connectivity index (χ1n) is 14.1. The van der Waals surface area contributed by atoms with Gasteiger partial charge < -0.3 is 9.80 Å². The second kappa shape index (κ2) is 13.2. The van der Waals surface area contributed by atoms with Crippen molar-refractivity contribution in [1.82, 2.24) is 14.7 Å². The molecular weight excluding hydrogens is 518 g/mol. The maximum atomic E-state index is 14.1. The van der Waals surface area contributed by atoms with Crippen LogP contribution in [0.25, 0.3) is 11.1 Å². The predicted molar refractivity (Wildman–Crippen MR) is 162 cm³/mol. The van der Waals surface area contributed by atoms with Gasteiger partial charge in [0.05, 0.1) is 6.34 Å². The zero-order chi connectivity index (χ0) is 29.7. The molecule has 0 radical (unpaired) electrons. The summed E-state index contributed by atoms with van der Waals surface area (Å²) >= 11 is 0. The number of likely N-dealkylation sites (N-methyl/N-ethyl adjacent to an activating group) is 1. The third-order valence-electron chi connectivity index (χ3n) is 7.82. The van der Waals surface area contributed by atoms with Crippen molar-refractivity contribution >= 4 is 12.6 Å². The van der Waals surface area contributed by atoms with Gasteiger partial charge in [-0.25, -0.2) is 8.78 Å². The summed E-state index contributed by atoms with van der Waals surface area (Å²) < 4.78 is 28.1. The van der Waals surface area contributed by atoms with E-state index in [0.717, 1.165) is 52.5 Å². The first-order valence-corrected chi connectivity index (χ1v) is 14.1. The van der Waals surface area contributed by atoms with Crippen LogP contribution in [0.15, 0.2) is 60.9 Å². The molecule has 0 spiro atoms. The molecule has 1 saturated carbocycles. The summed E-state index contributed by atoms with van der Waals surface area (Å²) in [6.07, 6.45) is 8.73. The van der Waals surface area contributed by atoms with Crippen molar-refractivity contribution in [1.29, 1.82) is 5.41 Å². The zero-order valence-corrected chi connectivity index (χ0v) is 24.6. The Balaban J connectivity index is 1.70. The normalized spacial score (nSPS) is 14.0. The maximum absolute atomic E-state index is 14.1. The number of rotatable bonds is 13. The highest BCUT2D eigenvalue weighted by Crippen LogP contribution is 2.44. The Kier molecular flexibility index (Phi) is 9.71. The van der Waals surface area contributed by atoms with Crippen LogP contribution in [0.1, 0.15) is 57.1 Å². The van der Waals surface area contributed by atoms with Gasteiger partial charge in [0.2, 0.25) is 0 Å². The van der Waals surface area contributed by atoms with Crippen molar-refractivity contribution in [3.05, 3.63) is 106 Å². The lowest BCUT2D eigenvalue weighted by molar-refractivity contribution is 0.112. The number of carbonyl (C=O) groups is 1. The van der Waals surface area contributed by atoms with E-state index in [4.69, 9.17) is 5.41 Å². The highest BCUT2D eigenvalue weighted by molar-refractivity contribution is 5.84. The summed E-state index contributed by atoms with van der Waals surface area (Å²) in [6.45, 7) is 4.79. The van der Waals surface area contributed by atoms with Crippen LogP contribution >= 0.6 is 0 Å². The minimum absolute atomic E-state index is 0.175. The molecule has 5 nitrogen and oxygen atoms in total. The van der Waals surface area contributed by atoms with E-state index in [1.54, 1.807) is 24.0 Å². The number of hydrogen-bond donors (Lipinski definition) is 1. The van der Waals surface area contributed by atoms with E-state index >= 15 is 0 Å². The smallest absolute Gasteiger partial charge is 0.150 e. The molecule has 0 heterocycles. The average molecular weight is 559 g/mol. The fraction of sp³-hybridized carbons (Fsp3) is 0.353. The van der Waals surface area contributed by atoms with Crippen LogP contribution in [-0.2, 0) is 13.0 Å². The lowest BCUT2D eigenvalue weighted by Gasteiger charge is -2.30. The standard InChI is InChI=1S/C34H40F2N4O/c1-23-17-29(35)9-10-30(23)32-19-25(20-40(22-37)15-14-38(3)4)18-28(21-41)31(32)12-13-39(5)34(26-6-7-26)27-8-11-33(36)24(2)16-27/h8-11,14-19,21-22,26,34,37H,6-7,12-13,20H2,1-5H3/b15-14-,37-22?. The van der Waals surface area contributed by atoms with Gasteiger partial charge in [-0.2, -0.15) is 0 Å². The lowest BCUT2D eigenvalue weighted by Crippen LogP contribution is -2.29. The molecule has 41 heavy (non-hydrogen) atoms. The Morgan fingerprint density at radius 2 is 1.71 bits per heavy atom. The average Bonchev–Trinajstić information content (AvgIpc) is 3.77. The van der Waals surface area contributed by atoms with Crippen LogP contribution in [0.2, 0.25) is 0 Å². The number of aldehydes is 1. The van der Waals surface area contributed by atoms with Gasteiger partial charge in [0.1, 0.15) is 17.9 Å². The first kappa shape index (κ1) is 30.1. The van der Waals surface area contributed by atoms with Crippen molar-refractivity contribution in [2.24, 2.45) is 5.92 Å². The molecule has 0 aromatic heterocycles. The van der Waals surface area contributed by atoms with Gasteiger partial charge in [-0.1, -0.05) is 18.2 Å². The molecule has 0 aliphatic heterocycles. The fourth-order valence-electron chi connectivity index (χ4n) is 5.55. The summed E-state index contributed by atoms with van der Waals surface area (Å²) in [5.74, 6) is 0.0312. The van der Waals surface area contributed by atoms with Crippen LogP contribution < -0.4 is 0 Å². The monoisotopic (exact) mass is 558 g/mol. The molecular formula is C34H40F2N4O. The van der Waals surface area contributed by atoms with Crippen LogP contribution in [0.3, 0.4) is 0 Å². The van der Waals surface area contributed by atoms with Crippen molar-refractivity contribution in [3.8, 4) is 11.1 Å². The van der Waals surface area contributed by atoms with Crippen molar-refractivity contribution in [3.63, 3.8) is 0 Å². The maximum Gasteiger partial charge on any atom is 0.150 e. The van der Waals surface area contributed by atoms with E-state index < -0.39 is 0 Å². The summed E-state index contributed by atoms with van der Waals surface area (Å²) in [4.78, 5) is 18.4. The molecule has 7 heteroatoms. The van der Waals surface area contributed by atoms with E-state index in [1.807, 2.05) is 56.5 Å². The molecule has 1 aliphatic rings. The molecule has 1 fully saturated rings. The minimum atomic E-state index is -0.301. The van der Waals surface area contributed by atoms with Crippen molar-refractivity contribution in [2.75, 3.05) is 27.7 Å². The van der Waals surface area contributed by atoms with Crippen LogP contribution in [-0.4, -0.2) is 55.0 Å². The first-order chi connectivity index (χ1) is 19.6. The number of carbonyl (C=O) groups excluding carboxylic acids is 1. The van der Waals surface area contributed by atoms with Crippen LogP contribution in [0.5, 0.6) is 0 Å². The molecule has 4 rings (SSSR count). The Labute approximate surface area is 242 Å². The molecule has 1 unspecified atom stereocenters. The van der Waals surface area contributed by atoms with Crippen LogP contribution in [0, 0.1) is 36.8 Å². The highest BCUT2D eigenvalue weighted by Gasteiger charge is 2.35. The molecule has 0 amide bonds. The van der Waals surface area contributed by atoms with Gasteiger partial charge >= 0.3 is 0 Å². The number of aryl methyl sites for hydroxylation is 2. The summed E-state index contributed by atoms with van der Waals surface area (Å²) in [5.41, 5.74) is 6.73. The minimum Gasteiger partial charge on any atom is -0.382 e. The van der Waals surface area contributed by atoms with Crippen molar-refractivity contribution < 1.29 is 13.6 Å². The fourth-order valence-corrected chi connectivity index (χ4v) is 5.55. The Morgan fingerprint density at radius 1 is 0.951 bits per heavy atom. The molecule has 0 saturated heterocycles. The predicted octanol–water partition coefficient (Wildman–Crippen LogP) is 7.13. The van der Waals surface area contributed by atoms with Crippen LogP contribution in [0.4, 0.5) is 8.78 Å². The quantitative estimate of drug-likeness (QED) is 0.138. The summed E-state index contributed by atoms with van der Waals surface area (Å²) in [7, 11) is 5.92. The van der Waals surface area contributed by atoms with E-state index in [1.165, 1.54) is 18.5 Å². The van der Waals surface area contributed by atoms with Gasteiger partial charge in [0.15, 0.2) is 0 Å². The van der Waals surface area contributed by atoms with Crippen molar-refractivity contribution in [2.45, 2.75) is 45.7 Å². The van der Waals surface area contributed by atoms with E-state index in [2.05, 4.69) is 18.0 Å². The van der Waals surface area contributed by atoms with Gasteiger partial charge in [0.25, 0.3) is 0 Å². The Hall–Kier alpha value is -3.84. The lowest BCUT2D eigenvalue weighted by atomic mass is 9.89. The van der Waals surface area contributed by atoms with E-state index in [-0.39, 0.29) is 17.7 Å². The Bertz CT molecular complexity index is 1430. The molecule has 3 aromatic rings. The second-order valence-electron chi connectivity index (χ2n) is 11.4. The summed E-state index contributed by atoms with van der Waals surface area (Å²) in [6, 6.07) is 14.3. The number of nitrogens with zero attached hydrogens (tertiary/aromatic N) is 3. The number of halogens is 2. The molecule has 0 bridgehead atoms. The summed E-state index contributed by atoms with van der Waals surface area (Å²) in [5, 5.41) is 7.85. The van der Waals surface area contributed by atoms with Gasteiger partial charge in [-0.3, -0.25) is 15.1 Å².